The molecular formula is C15H24N2O3. The Morgan fingerprint density at radius 1 is 1.40 bits per heavy atom. The Morgan fingerprint density at radius 2 is 2.05 bits per heavy atom. The van der Waals surface area contributed by atoms with E-state index >= 15 is 0 Å². The maximum atomic E-state index is 10.9. The van der Waals surface area contributed by atoms with E-state index in [1.807, 2.05) is 7.05 Å². The molecule has 5 nitrogen and oxygen atoms in total. The number of methoxy groups -OCH3 is 1. The number of non-ortho nitro benzene ring substituents is 1. The van der Waals surface area contributed by atoms with Crippen molar-refractivity contribution in [2.45, 2.75) is 39.7 Å². The molecule has 0 aliphatic heterocycles. The third kappa shape index (κ3) is 4.20. The number of nitro groups is 1. The lowest BCUT2D eigenvalue weighted by Crippen LogP contribution is -2.38. The summed E-state index contributed by atoms with van der Waals surface area (Å²) in [5, 5.41) is 14.2. The van der Waals surface area contributed by atoms with Crippen molar-refractivity contribution >= 4 is 5.69 Å². The predicted octanol–water partition coefficient (Wildman–Crippen LogP) is 3.17. The highest BCUT2D eigenvalue weighted by Gasteiger charge is 2.23. The van der Waals surface area contributed by atoms with Crippen LogP contribution in [-0.4, -0.2) is 25.1 Å². The van der Waals surface area contributed by atoms with Crippen LogP contribution < -0.4 is 10.1 Å². The van der Waals surface area contributed by atoms with Crippen molar-refractivity contribution in [2.75, 3.05) is 14.2 Å². The van der Waals surface area contributed by atoms with Gasteiger partial charge in [0.15, 0.2) is 0 Å². The Hall–Kier alpha value is -1.62. The van der Waals surface area contributed by atoms with Gasteiger partial charge in [-0.25, -0.2) is 0 Å². The highest BCUT2D eigenvalue weighted by Crippen LogP contribution is 2.28. The molecule has 1 aromatic rings. The Kier molecular flexibility index (Phi) is 5.51. The summed E-state index contributed by atoms with van der Waals surface area (Å²) in [6.45, 7) is 6.54. The fourth-order valence-corrected chi connectivity index (χ4v) is 2.38. The van der Waals surface area contributed by atoms with Crippen LogP contribution in [0.3, 0.4) is 0 Å². The third-order valence-electron chi connectivity index (χ3n) is 3.57. The molecule has 1 N–H and O–H groups in total. The number of hydrogen-bond donors (Lipinski definition) is 1. The molecule has 1 unspecified atom stereocenters. The lowest BCUT2D eigenvalue weighted by atomic mass is 9.83. The molecule has 0 aliphatic carbocycles. The van der Waals surface area contributed by atoms with Crippen molar-refractivity contribution in [3.05, 3.63) is 33.9 Å². The summed E-state index contributed by atoms with van der Waals surface area (Å²) in [5.74, 6) is 0.708. The molecule has 0 heterocycles. The first-order chi connectivity index (χ1) is 9.29. The summed E-state index contributed by atoms with van der Waals surface area (Å²) in [6, 6.07) is 5.08. The number of nitrogens with zero attached hydrogens (tertiary/aromatic N) is 1. The predicted molar refractivity (Wildman–Crippen MR) is 80.3 cm³/mol. The van der Waals surface area contributed by atoms with E-state index in [2.05, 4.69) is 26.1 Å². The number of ether oxygens (including phenoxy) is 1. The fourth-order valence-electron chi connectivity index (χ4n) is 2.38. The first kappa shape index (κ1) is 16.4. The molecule has 112 valence electrons. The molecule has 0 spiro atoms. The van der Waals surface area contributed by atoms with Gasteiger partial charge in [0, 0.05) is 23.7 Å². The highest BCUT2D eigenvalue weighted by molar-refractivity contribution is 5.43. The van der Waals surface area contributed by atoms with Crippen LogP contribution in [0.15, 0.2) is 18.2 Å². The Bertz CT molecular complexity index is 467. The number of benzene rings is 1. The van der Waals surface area contributed by atoms with Crippen LogP contribution in [0.1, 0.15) is 32.8 Å². The molecule has 0 saturated heterocycles. The van der Waals surface area contributed by atoms with Gasteiger partial charge in [-0.15, -0.1) is 0 Å². The smallest absolute Gasteiger partial charge is 0.269 e. The average molecular weight is 280 g/mol. The number of rotatable bonds is 6. The second kappa shape index (κ2) is 6.70. The largest absolute Gasteiger partial charge is 0.496 e. The lowest BCUT2D eigenvalue weighted by molar-refractivity contribution is -0.384. The van der Waals surface area contributed by atoms with Crippen molar-refractivity contribution in [3.8, 4) is 5.75 Å². The van der Waals surface area contributed by atoms with Crippen molar-refractivity contribution in [1.82, 2.24) is 5.32 Å². The van der Waals surface area contributed by atoms with E-state index < -0.39 is 0 Å². The third-order valence-corrected chi connectivity index (χ3v) is 3.57. The lowest BCUT2D eigenvalue weighted by Gasteiger charge is -2.30. The molecular weight excluding hydrogens is 256 g/mol. The van der Waals surface area contributed by atoms with Gasteiger partial charge in [0.25, 0.3) is 5.69 Å². The molecule has 0 fully saturated rings. The SMILES string of the molecule is CNC(CCc1cc([N+](=O)[O-])ccc1OC)C(C)(C)C. The molecule has 0 radical (unpaired) electrons. The van der Waals surface area contributed by atoms with Gasteiger partial charge in [-0.3, -0.25) is 10.1 Å². The Balaban J connectivity index is 2.90. The number of nitrogens with one attached hydrogen (secondary N) is 1. The van der Waals surface area contributed by atoms with Crippen molar-refractivity contribution < 1.29 is 9.66 Å². The van der Waals surface area contributed by atoms with Crippen molar-refractivity contribution in [3.63, 3.8) is 0 Å². The van der Waals surface area contributed by atoms with Crippen molar-refractivity contribution in [1.29, 1.82) is 0 Å². The molecule has 20 heavy (non-hydrogen) atoms. The summed E-state index contributed by atoms with van der Waals surface area (Å²) in [7, 11) is 3.53. The quantitative estimate of drug-likeness (QED) is 0.642. The maximum Gasteiger partial charge on any atom is 0.269 e. The number of nitro benzene ring substituents is 1. The van der Waals surface area contributed by atoms with Gasteiger partial charge in [-0.05, 0) is 31.4 Å². The van der Waals surface area contributed by atoms with Crippen LogP contribution in [-0.2, 0) is 6.42 Å². The van der Waals surface area contributed by atoms with Gasteiger partial charge in [0.2, 0.25) is 0 Å². The average Bonchev–Trinajstić information content (AvgIpc) is 2.37. The van der Waals surface area contributed by atoms with Gasteiger partial charge in [-0.1, -0.05) is 20.8 Å². The van der Waals surface area contributed by atoms with E-state index in [1.54, 1.807) is 19.2 Å². The van der Waals surface area contributed by atoms with E-state index in [-0.39, 0.29) is 16.0 Å². The molecule has 1 aromatic carbocycles. The molecule has 0 bridgehead atoms. The highest BCUT2D eigenvalue weighted by atomic mass is 16.6. The van der Waals surface area contributed by atoms with E-state index in [1.165, 1.54) is 6.07 Å². The summed E-state index contributed by atoms with van der Waals surface area (Å²) < 4.78 is 5.29. The van der Waals surface area contributed by atoms with Crippen LogP contribution in [0.2, 0.25) is 0 Å². The topological polar surface area (TPSA) is 64.4 Å². The van der Waals surface area contributed by atoms with Gasteiger partial charge in [0.05, 0.1) is 12.0 Å². The zero-order chi connectivity index (χ0) is 15.3. The summed E-state index contributed by atoms with van der Waals surface area (Å²) in [5.41, 5.74) is 1.13. The first-order valence-electron chi connectivity index (χ1n) is 6.78. The van der Waals surface area contributed by atoms with Crippen LogP contribution in [0.5, 0.6) is 5.75 Å². The van der Waals surface area contributed by atoms with Gasteiger partial charge >= 0.3 is 0 Å². The summed E-state index contributed by atoms with van der Waals surface area (Å²) >= 11 is 0. The van der Waals surface area contributed by atoms with E-state index in [4.69, 9.17) is 4.74 Å². The molecule has 0 aliphatic rings. The first-order valence-corrected chi connectivity index (χ1v) is 6.78. The van der Waals surface area contributed by atoms with Crippen LogP contribution in [0.4, 0.5) is 5.69 Å². The zero-order valence-electron chi connectivity index (χ0n) is 12.9. The molecule has 0 aromatic heterocycles. The minimum absolute atomic E-state index is 0.109. The van der Waals surface area contributed by atoms with Gasteiger partial charge < -0.3 is 10.1 Å². The Morgan fingerprint density at radius 3 is 2.50 bits per heavy atom. The molecule has 1 atom stereocenters. The standard InChI is InChI=1S/C15H24N2O3/c1-15(2,3)14(16-4)9-6-11-10-12(17(18)19)7-8-13(11)20-5/h7-8,10,14,16H,6,9H2,1-5H3. The van der Waals surface area contributed by atoms with Gasteiger partial charge in [-0.2, -0.15) is 0 Å². The molecule has 1 rings (SSSR count). The second-order valence-electron chi connectivity index (χ2n) is 6.00. The molecule has 5 heteroatoms. The zero-order valence-corrected chi connectivity index (χ0v) is 12.9. The molecule has 0 amide bonds. The minimum atomic E-state index is -0.373. The van der Waals surface area contributed by atoms with Crippen molar-refractivity contribution in [2.24, 2.45) is 5.41 Å². The number of hydrogen-bond acceptors (Lipinski definition) is 4. The summed E-state index contributed by atoms with van der Waals surface area (Å²) in [6.07, 6.45) is 1.64. The van der Waals surface area contributed by atoms with Crippen LogP contribution in [0, 0.1) is 15.5 Å². The second-order valence-corrected chi connectivity index (χ2v) is 6.00. The summed E-state index contributed by atoms with van der Waals surface area (Å²) in [4.78, 5) is 10.5. The van der Waals surface area contributed by atoms with Crippen LogP contribution in [0.25, 0.3) is 0 Å². The monoisotopic (exact) mass is 280 g/mol. The Labute approximate surface area is 120 Å². The minimum Gasteiger partial charge on any atom is -0.496 e. The fraction of sp³-hybridized carbons (Fsp3) is 0.600. The van der Waals surface area contributed by atoms with E-state index in [0.29, 0.717) is 11.8 Å². The van der Waals surface area contributed by atoms with E-state index in [9.17, 15) is 10.1 Å². The van der Waals surface area contributed by atoms with E-state index in [0.717, 1.165) is 18.4 Å². The molecule has 0 saturated carbocycles. The van der Waals surface area contributed by atoms with Crippen LogP contribution >= 0.6 is 0 Å². The number of aryl methyl sites for hydroxylation is 1. The van der Waals surface area contributed by atoms with Gasteiger partial charge in [0.1, 0.15) is 5.75 Å². The maximum absolute atomic E-state index is 10.9. The normalized spacial score (nSPS) is 13.1.